The van der Waals surface area contributed by atoms with Crippen molar-refractivity contribution in [1.29, 1.82) is 0 Å². The Labute approximate surface area is 96.7 Å². The fourth-order valence-electron chi connectivity index (χ4n) is 0.628. The van der Waals surface area contributed by atoms with E-state index in [-0.39, 0.29) is 32.1 Å². The fourth-order valence-corrected chi connectivity index (χ4v) is 0.628. The monoisotopic (exact) mass is 242 g/mol. The summed E-state index contributed by atoms with van der Waals surface area (Å²) in [6, 6.07) is 0. The first-order valence-electron chi connectivity index (χ1n) is 5.47. The lowest BCUT2D eigenvalue weighted by molar-refractivity contribution is -0.00330. The van der Waals surface area contributed by atoms with E-state index in [1.807, 2.05) is 27.7 Å². The van der Waals surface area contributed by atoms with Gasteiger partial charge in [0, 0.05) is 0 Å². The standard InChI is InChI=1S/C6H13FO2.C5H11FO/c1-5(2)9-4-6(8)3-7;1-5(2)7-4-3-6/h5-6,8H,3-4H2,1-2H3;5H,3-4H2,1-2H3. The van der Waals surface area contributed by atoms with Gasteiger partial charge in [-0.2, -0.15) is 0 Å². The van der Waals surface area contributed by atoms with E-state index in [2.05, 4.69) is 0 Å². The highest BCUT2D eigenvalue weighted by molar-refractivity contribution is 4.50. The van der Waals surface area contributed by atoms with E-state index in [4.69, 9.17) is 14.6 Å². The van der Waals surface area contributed by atoms with E-state index in [0.717, 1.165) is 0 Å². The van der Waals surface area contributed by atoms with Gasteiger partial charge in [-0.25, -0.2) is 8.78 Å². The molecule has 0 aliphatic heterocycles. The molecule has 1 unspecified atom stereocenters. The lowest BCUT2D eigenvalue weighted by atomic mass is 10.4. The third-order valence-electron chi connectivity index (χ3n) is 1.33. The minimum absolute atomic E-state index is 0.0613. The molecule has 0 bridgehead atoms. The van der Waals surface area contributed by atoms with Gasteiger partial charge < -0.3 is 14.6 Å². The molecule has 0 rings (SSSR count). The molecule has 5 heteroatoms. The van der Waals surface area contributed by atoms with Crippen molar-refractivity contribution in [2.75, 3.05) is 26.6 Å². The van der Waals surface area contributed by atoms with Gasteiger partial charge in [-0.05, 0) is 27.7 Å². The number of alkyl halides is 2. The van der Waals surface area contributed by atoms with Crippen LogP contribution in [-0.4, -0.2) is 50.0 Å². The molecule has 0 amide bonds. The topological polar surface area (TPSA) is 38.7 Å². The zero-order chi connectivity index (χ0) is 13.0. The van der Waals surface area contributed by atoms with Crippen molar-refractivity contribution in [1.82, 2.24) is 0 Å². The summed E-state index contributed by atoms with van der Waals surface area (Å²) in [5, 5.41) is 8.61. The molecule has 0 radical (unpaired) electrons. The number of hydrogen-bond donors (Lipinski definition) is 1. The van der Waals surface area contributed by atoms with Crippen molar-refractivity contribution in [2.24, 2.45) is 0 Å². The van der Waals surface area contributed by atoms with E-state index in [1.54, 1.807) is 0 Å². The molecule has 1 N–H and O–H groups in total. The molecular weight excluding hydrogens is 218 g/mol. The Hall–Kier alpha value is -0.260. The predicted octanol–water partition coefficient (Wildman–Crippen LogP) is 2.12. The summed E-state index contributed by atoms with van der Waals surface area (Å²) in [6.07, 6.45) is -0.727. The van der Waals surface area contributed by atoms with E-state index < -0.39 is 12.8 Å². The van der Waals surface area contributed by atoms with Gasteiger partial charge in [0.15, 0.2) is 0 Å². The van der Waals surface area contributed by atoms with Crippen molar-refractivity contribution in [3.05, 3.63) is 0 Å². The van der Waals surface area contributed by atoms with Crippen LogP contribution in [-0.2, 0) is 9.47 Å². The lowest BCUT2D eigenvalue weighted by Crippen LogP contribution is -2.19. The average molecular weight is 242 g/mol. The Morgan fingerprint density at radius 1 is 1.00 bits per heavy atom. The maximum absolute atomic E-state index is 11.5. The number of hydrogen-bond acceptors (Lipinski definition) is 3. The predicted molar refractivity (Wildman–Crippen MR) is 60.1 cm³/mol. The van der Waals surface area contributed by atoms with Crippen LogP contribution in [0.1, 0.15) is 27.7 Å². The van der Waals surface area contributed by atoms with Gasteiger partial charge in [-0.15, -0.1) is 0 Å². The Morgan fingerprint density at radius 2 is 1.50 bits per heavy atom. The number of aliphatic hydroxyl groups is 1. The van der Waals surface area contributed by atoms with Gasteiger partial charge >= 0.3 is 0 Å². The highest BCUT2D eigenvalue weighted by atomic mass is 19.1. The van der Waals surface area contributed by atoms with E-state index in [9.17, 15) is 8.78 Å². The summed E-state index contributed by atoms with van der Waals surface area (Å²) >= 11 is 0. The summed E-state index contributed by atoms with van der Waals surface area (Å²) in [6.45, 7) is 6.66. The molecule has 0 spiro atoms. The smallest absolute Gasteiger partial charge is 0.118 e. The maximum atomic E-state index is 11.5. The first-order chi connectivity index (χ1) is 7.43. The van der Waals surface area contributed by atoms with Crippen LogP contribution >= 0.6 is 0 Å². The van der Waals surface area contributed by atoms with Crippen LogP contribution in [0.4, 0.5) is 8.78 Å². The Morgan fingerprint density at radius 3 is 1.75 bits per heavy atom. The number of rotatable bonds is 7. The second kappa shape index (κ2) is 12.8. The average Bonchev–Trinajstić information content (AvgIpc) is 2.23. The zero-order valence-corrected chi connectivity index (χ0v) is 10.6. The molecule has 0 heterocycles. The molecule has 0 aromatic rings. The first-order valence-corrected chi connectivity index (χ1v) is 5.47. The van der Waals surface area contributed by atoms with Crippen LogP contribution < -0.4 is 0 Å². The summed E-state index contributed by atoms with van der Waals surface area (Å²) < 4.78 is 32.5. The third-order valence-corrected chi connectivity index (χ3v) is 1.33. The van der Waals surface area contributed by atoms with Gasteiger partial charge in [-0.3, -0.25) is 0 Å². The number of halogens is 2. The highest BCUT2D eigenvalue weighted by Gasteiger charge is 2.03. The van der Waals surface area contributed by atoms with Crippen LogP contribution in [0.15, 0.2) is 0 Å². The van der Waals surface area contributed by atoms with Gasteiger partial charge in [0.25, 0.3) is 0 Å². The highest BCUT2D eigenvalue weighted by Crippen LogP contribution is 1.91. The first kappa shape index (κ1) is 18.1. The minimum atomic E-state index is -0.951. The van der Waals surface area contributed by atoms with Crippen molar-refractivity contribution in [2.45, 2.75) is 46.0 Å². The molecule has 0 aromatic heterocycles. The fraction of sp³-hybridized carbons (Fsp3) is 1.00. The molecule has 0 aliphatic carbocycles. The van der Waals surface area contributed by atoms with Crippen LogP contribution in [0.25, 0.3) is 0 Å². The molecule has 0 aliphatic rings. The van der Waals surface area contributed by atoms with Gasteiger partial charge in [0.1, 0.15) is 19.5 Å². The summed E-state index contributed by atoms with van der Waals surface area (Å²) in [7, 11) is 0. The zero-order valence-electron chi connectivity index (χ0n) is 10.6. The van der Waals surface area contributed by atoms with E-state index in [1.165, 1.54) is 0 Å². The molecule has 0 saturated heterocycles. The van der Waals surface area contributed by atoms with E-state index >= 15 is 0 Å². The Balaban J connectivity index is 0. The summed E-state index contributed by atoms with van der Waals surface area (Å²) in [4.78, 5) is 0. The molecule has 0 aromatic carbocycles. The number of ether oxygens (including phenoxy) is 2. The lowest BCUT2D eigenvalue weighted by Gasteiger charge is -2.09. The van der Waals surface area contributed by atoms with Crippen molar-refractivity contribution < 1.29 is 23.4 Å². The minimum Gasteiger partial charge on any atom is -0.388 e. The van der Waals surface area contributed by atoms with Crippen LogP contribution in [0.5, 0.6) is 0 Å². The molecule has 100 valence electrons. The third kappa shape index (κ3) is 19.3. The normalized spacial score (nSPS) is 12.6. The molecule has 0 saturated carbocycles. The van der Waals surface area contributed by atoms with Crippen molar-refractivity contribution in [3.63, 3.8) is 0 Å². The van der Waals surface area contributed by atoms with Gasteiger partial charge in [0.2, 0.25) is 0 Å². The van der Waals surface area contributed by atoms with Crippen molar-refractivity contribution in [3.8, 4) is 0 Å². The van der Waals surface area contributed by atoms with Gasteiger partial charge in [0.05, 0.1) is 25.4 Å². The largest absolute Gasteiger partial charge is 0.388 e. The van der Waals surface area contributed by atoms with Crippen LogP contribution in [0.2, 0.25) is 0 Å². The van der Waals surface area contributed by atoms with Crippen LogP contribution in [0.3, 0.4) is 0 Å². The quantitative estimate of drug-likeness (QED) is 0.743. The maximum Gasteiger partial charge on any atom is 0.118 e. The molecule has 16 heavy (non-hydrogen) atoms. The SMILES string of the molecule is CC(C)OCC(O)CF.CC(C)OCCF. The molecule has 1 atom stereocenters. The Bertz CT molecular complexity index is 132. The summed E-state index contributed by atoms with van der Waals surface area (Å²) in [5.41, 5.74) is 0. The Kier molecular flexibility index (Phi) is 14.5. The second-order valence-electron chi connectivity index (χ2n) is 3.80. The van der Waals surface area contributed by atoms with Gasteiger partial charge in [-0.1, -0.05) is 0 Å². The second-order valence-corrected chi connectivity index (χ2v) is 3.80. The van der Waals surface area contributed by atoms with E-state index in [0.29, 0.717) is 0 Å². The molecule has 3 nitrogen and oxygen atoms in total. The molecular formula is C11H24F2O3. The summed E-state index contributed by atoms with van der Waals surface area (Å²) in [5.74, 6) is 0. The van der Waals surface area contributed by atoms with Crippen LogP contribution in [0, 0.1) is 0 Å². The van der Waals surface area contributed by atoms with Crippen molar-refractivity contribution >= 4 is 0 Å². The number of aliphatic hydroxyl groups excluding tert-OH is 1. The molecule has 0 fully saturated rings.